The number of likely N-dealkylation sites (N-methyl/N-ethyl adjacent to an activating group) is 1. The van der Waals surface area contributed by atoms with Gasteiger partial charge in [-0.15, -0.1) is 0 Å². The van der Waals surface area contributed by atoms with Crippen molar-refractivity contribution in [1.82, 2.24) is 9.80 Å². The van der Waals surface area contributed by atoms with Crippen molar-refractivity contribution < 1.29 is 18.7 Å². The Morgan fingerprint density at radius 2 is 1.86 bits per heavy atom. The van der Waals surface area contributed by atoms with E-state index in [1.165, 1.54) is 12.1 Å². The summed E-state index contributed by atoms with van der Waals surface area (Å²) in [5.41, 5.74) is 0.875. The summed E-state index contributed by atoms with van der Waals surface area (Å²) in [6, 6.07) is 6.90. The highest BCUT2D eigenvalue weighted by atomic mass is 19.1. The number of amides is 1. The Hall–Kier alpha value is -1.70. The van der Waals surface area contributed by atoms with E-state index in [0.717, 1.165) is 51.1 Å². The number of likely N-dealkylation sites (tertiary alicyclic amines) is 1. The Labute approximate surface area is 166 Å². The molecule has 0 saturated carbocycles. The number of carbonyl (C=O) groups is 1. The fraction of sp³-hybridized carbons (Fsp3) is 0.667. The third-order valence-electron chi connectivity index (χ3n) is 6.46. The van der Waals surface area contributed by atoms with Gasteiger partial charge in [-0.3, -0.25) is 9.69 Å². The molecular weight excluding hydrogens is 361 g/mol. The monoisotopic (exact) mass is 391 g/mol. The van der Waals surface area contributed by atoms with Crippen LogP contribution in [0.25, 0.3) is 0 Å². The van der Waals surface area contributed by atoms with E-state index in [1.54, 1.807) is 0 Å². The topological polar surface area (TPSA) is 45.2 Å². The molecule has 28 heavy (non-hydrogen) atoms. The fourth-order valence-electron chi connectivity index (χ4n) is 4.52. The van der Waals surface area contributed by atoms with Gasteiger partial charge in [-0.2, -0.15) is 0 Å². The number of anilines is 1. The lowest BCUT2D eigenvalue weighted by Gasteiger charge is -2.40. The van der Waals surface area contributed by atoms with Gasteiger partial charge in [-0.1, -0.05) is 0 Å². The molecule has 1 spiro atoms. The third kappa shape index (κ3) is 4.31. The minimum atomic E-state index is -0.217. The van der Waals surface area contributed by atoms with Gasteiger partial charge in [0.1, 0.15) is 5.82 Å². The molecule has 0 bridgehead atoms. The number of halogens is 1. The summed E-state index contributed by atoms with van der Waals surface area (Å²) < 4.78 is 24.8. The average molecular weight is 391 g/mol. The molecule has 1 aromatic carbocycles. The summed E-state index contributed by atoms with van der Waals surface area (Å²) in [5.74, 6) is 0.000127. The number of hydrogen-bond donors (Lipinski definition) is 0. The predicted molar refractivity (Wildman–Crippen MR) is 105 cm³/mol. The number of morpholine rings is 1. The molecular formula is C21H30FN3O3. The Bertz CT molecular complexity index is 670. The molecule has 0 aromatic heterocycles. The van der Waals surface area contributed by atoms with Gasteiger partial charge >= 0.3 is 0 Å². The highest BCUT2D eigenvalue weighted by Gasteiger charge is 2.44. The summed E-state index contributed by atoms with van der Waals surface area (Å²) in [5, 5.41) is 0. The van der Waals surface area contributed by atoms with Gasteiger partial charge < -0.3 is 19.3 Å². The van der Waals surface area contributed by atoms with Crippen molar-refractivity contribution in [2.45, 2.75) is 30.9 Å². The van der Waals surface area contributed by atoms with Crippen molar-refractivity contribution in [3.8, 4) is 0 Å². The third-order valence-corrected chi connectivity index (χ3v) is 6.46. The van der Waals surface area contributed by atoms with Crippen LogP contribution in [0.5, 0.6) is 0 Å². The van der Waals surface area contributed by atoms with Crippen LogP contribution in [0.1, 0.15) is 19.3 Å². The summed E-state index contributed by atoms with van der Waals surface area (Å²) in [7, 11) is 2.04. The summed E-state index contributed by atoms with van der Waals surface area (Å²) >= 11 is 0. The van der Waals surface area contributed by atoms with Gasteiger partial charge in [0, 0.05) is 38.9 Å². The molecule has 154 valence electrons. The van der Waals surface area contributed by atoms with E-state index in [9.17, 15) is 9.18 Å². The van der Waals surface area contributed by atoms with Crippen molar-refractivity contribution in [1.29, 1.82) is 0 Å². The first-order valence-corrected chi connectivity index (χ1v) is 10.2. The second kappa shape index (κ2) is 8.35. The standard InChI is InChI=1S/C21H30FN3O3/c1-23(18-4-2-17(22)3-5-18)19-14-21(28-16-19)6-8-25(9-7-21)20(26)15-24-10-12-27-13-11-24/h2-5,19H,6-16H2,1H3. The molecule has 1 atom stereocenters. The van der Waals surface area contributed by atoms with Crippen molar-refractivity contribution in [3.63, 3.8) is 0 Å². The van der Waals surface area contributed by atoms with E-state index >= 15 is 0 Å². The molecule has 3 saturated heterocycles. The number of benzene rings is 1. The van der Waals surface area contributed by atoms with Crippen LogP contribution in [0.3, 0.4) is 0 Å². The number of nitrogens with zero attached hydrogens (tertiary/aromatic N) is 3. The van der Waals surface area contributed by atoms with Crippen LogP contribution < -0.4 is 4.90 Å². The highest BCUT2D eigenvalue weighted by molar-refractivity contribution is 5.78. The number of hydrogen-bond acceptors (Lipinski definition) is 5. The average Bonchev–Trinajstić information content (AvgIpc) is 3.13. The molecule has 3 fully saturated rings. The zero-order valence-corrected chi connectivity index (χ0v) is 16.6. The van der Waals surface area contributed by atoms with Crippen molar-refractivity contribution >= 4 is 11.6 Å². The zero-order chi connectivity index (χ0) is 19.6. The first-order valence-electron chi connectivity index (χ1n) is 10.2. The van der Waals surface area contributed by atoms with Crippen LogP contribution in [0.2, 0.25) is 0 Å². The lowest BCUT2D eigenvalue weighted by atomic mass is 9.87. The quantitative estimate of drug-likeness (QED) is 0.783. The molecule has 6 nitrogen and oxygen atoms in total. The predicted octanol–water partition coefficient (Wildman–Crippen LogP) is 1.74. The molecule has 0 aliphatic carbocycles. The number of rotatable bonds is 4. The minimum Gasteiger partial charge on any atom is -0.379 e. The number of piperidine rings is 1. The van der Waals surface area contributed by atoms with E-state index in [2.05, 4.69) is 9.80 Å². The van der Waals surface area contributed by atoms with Gasteiger partial charge in [0.05, 0.1) is 38.0 Å². The molecule has 4 rings (SSSR count). The van der Waals surface area contributed by atoms with Crippen molar-refractivity contribution in [2.75, 3.05) is 64.5 Å². The second-order valence-electron chi connectivity index (χ2n) is 8.21. The van der Waals surface area contributed by atoms with E-state index in [4.69, 9.17) is 9.47 Å². The SMILES string of the molecule is CN(c1ccc(F)cc1)C1COC2(CCN(C(=O)CN3CCOCC3)CC2)C1. The van der Waals surface area contributed by atoms with E-state index in [-0.39, 0.29) is 23.4 Å². The van der Waals surface area contributed by atoms with E-state index in [0.29, 0.717) is 26.4 Å². The van der Waals surface area contributed by atoms with Gasteiger partial charge in [0.2, 0.25) is 5.91 Å². The minimum absolute atomic E-state index is 0.130. The van der Waals surface area contributed by atoms with Crippen LogP contribution in [-0.4, -0.2) is 86.9 Å². The molecule has 7 heteroatoms. The second-order valence-corrected chi connectivity index (χ2v) is 8.21. The molecule has 3 aliphatic rings. The molecule has 3 aliphatic heterocycles. The molecule has 1 aromatic rings. The Balaban J connectivity index is 1.28. The van der Waals surface area contributed by atoms with Crippen LogP contribution in [0, 0.1) is 5.82 Å². The van der Waals surface area contributed by atoms with Crippen LogP contribution in [-0.2, 0) is 14.3 Å². The Morgan fingerprint density at radius 1 is 1.18 bits per heavy atom. The van der Waals surface area contributed by atoms with Gasteiger partial charge in [0.25, 0.3) is 0 Å². The van der Waals surface area contributed by atoms with Crippen molar-refractivity contribution in [3.05, 3.63) is 30.1 Å². The fourth-order valence-corrected chi connectivity index (χ4v) is 4.52. The molecule has 1 amide bonds. The van der Waals surface area contributed by atoms with Crippen LogP contribution in [0.15, 0.2) is 24.3 Å². The Morgan fingerprint density at radius 3 is 2.54 bits per heavy atom. The number of carbonyl (C=O) groups excluding carboxylic acids is 1. The van der Waals surface area contributed by atoms with Crippen molar-refractivity contribution in [2.24, 2.45) is 0 Å². The highest BCUT2D eigenvalue weighted by Crippen LogP contribution is 2.38. The first kappa shape index (κ1) is 19.6. The molecule has 1 unspecified atom stereocenters. The maximum absolute atomic E-state index is 13.2. The lowest BCUT2D eigenvalue weighted by Crippen LogP contribution is -2.50. The zero-order valence-electron chi connectivity index (χ0n) is 16.6. The lowest BCUT2D eigenvalue weighted by molar-refractivity contribution is -0.138. The summed E-state index contributed by atoms with van der Waals surface area (Å²) in [6.45, 7) is 5.80. The van der Waals surface area contributed by atoms with Gasteiger partial charge in [-0.05, 0) is 43.5 Å². The van der Waals surface area contributed by atoms with Gasteiger partial charge in [-0.25, -0.2) is 4.39 Å². The van der Waals surface area contributed by atoms with E-state index in [1.807, 2.05) is 24.1 Å². The first-order chi connectivity index (χ1) is 13.5. The summed E-state index contributed by atoms with van der Waals surface area (Å²) in [4.78, 5) is 19.0. The molecule has 0 N–H and O–H groups in total. The van der Waals surface area contributed by atoms with Gasteiger partial charge in [0.15, 0.2) is 0 Å². The number of ether oxygens (including phenoxy) is 2. The normalized spacial score (nSPS) is 25.2. The largest absolute Gasteiger partial charge is 0.379 e. The maximum Gasteiger partial charge on any atom is 0.236 e. The van der Waals surface area contributed by atoms with Crippen LogP contribution >= 0.6 is 0 Å². The smallest absolute Gasteiger partial charge is 0.236 e. The Kier molecular flexibility index (Phi) is 5.85. The maximum atomic E-state index is 13.2. The summed E-state index contributed by atoms with van der Waals surface area (Å²) in [6.07, 6.45) is 2.72. The molecule has 0 radical (unpaired) electrons. The molecule has 3 heterocycles. The van der Waals surface area contributed by atoms with Crippen LogP contribution in [0.4, 0.5) is 10.1 Å². The van der Waals surface area contributed by atoms with E-state index < -0.39 is 0 Å².